The Labute approximate surface area is 197 Å². The van der Waals surface area contributed by atoms with Gasteiger partial charge in [0.1, 0.15) is 11.2 Å². The number of para-hydroxylation sites is 1. The van der Waals surface area contributed by atoms with Gasteiger partial charge in [-0.25, -0.2) is 0 Å². The molecular weight excluding hydrogens is 414 g/mol. The monoisotopic (exact) mass is 435 g/mol. The molecule has 0 fully saturated rings. The molecule has 0 spiro atoms. The Morgan fingerprint density at radius 2 is 1.18 bits per heavy atom. The van der Waals surface area contributed by atoms with Crippen molar-refractivity contribution in [2.24, 2.45) is 0 Å². The molecule has 6 aromatic carbocycles. The maximum atomic E-state index is 6.04. The number of fused-ring (bicyclic) bond motifs is 6. The average molecular weight is 436 g/mol. The first-order chi connectivity index (χ1) is 16.8. The summed E-state index contributed by atoms with van der Waals surface area (Å²) in [6.07, 6.45) is 0. The van der Waals surface area contributed by atoms with E-state index in [4.69, 9.17) is 4.42 Å². The molecule has 0 amide bonds. The van der Waals surface area contributed by atoms with Crippen molar-refractivity contribution >= 4 is 54.9 Å². The number of anilines is 2. The maximum absolute atomic E-state index is 6.04. The van der Waals surface area contributed by atoms with Gasteiger partial charge in [-0.2, -0.15) is 0 Å². The fourth-order valence-corrected chi connectivity index (χ4v) is 5.06. The van der Waals surface area contributed by atoms with Gasteiger partial charge in [0, 0.05) is 11.1 Å². The van der Waals surface area contributed by atoms with Gasteiger partial charge in [0.05, 0.1) is 11.1 Å². The van der Waals surface area contributed by atoms with Gasteiger partial charge in [0.15, 0.2) is 0 Å². The van der Waals surface area contributed by atoms with Gasteiger partial charge in [-0.15, -0.1) is 0 Å². The van der Waals surface area contributed by atoms with E-state index in [1.54, 1.807) is 0 Å². The molecule has 34 heavy (non-hydrogen) atoms. The summed E-state index contributed by atoms with van der Waals surface area (Å²) in [5, 5.41) is 11.0. The molecule has 2 nitrogen and oxygen atoms in total. The zero-order valence-electron chi connectivity index (χ0n) is 18.5. The van der Waals surface area contributed by atoms with Crippen LogP contribution in [0.25, 0.3) is 54.6 Å². The van der Waals surface area contributed by atoms with Crippen molar-refractivity contribution in [3.8, 4) is 11.1 Å². The van der Waals surface area contributed by atoms with E-state index < -0.39 is 0 Å². The molecule has 1 aromatic heterocycles. The third-order valence-electron chi connectivity index (χ3n) is 6.65. The highest BCUT2D eigenvalue weighted by molar-refractivity contribution is 6.14. The summed E-state index contributed by atoms with van der Waals surface area (Å²) < 4.78 is 6.04. The lowest BCUT2D eigenvalue weighted by atomic mass is 9.93. The molecule has 0 radical (unpaired) electrons. The molecule has 0 aliphatic carbocycles. The van der Waals surface area contributed by atoms with Crippen molar-refractivity contribution < 1.29 is 4.42 Å². The fraction of sp³-hybridized carbons (Fsp3) is 0. The highest BCUT2D eigenvalue weighted by atomic mass is 16.3. The Kier molecular flexibility index (Phi) is 4.18. The molecule has 0 bridgehead atoms. The van der Waals surface area contributed by atoms with Crippen LogP contribution in [0.1, 0.15) is 0 Å². The number of hydrogen-bond acceptors (Lipinski definition) is 2. The van der Waals surface area contributed by atoms with Gasteiger partial charge in [0.2, 0.25) is 0 Å². The predicted molar refractivity (Wildman–Crippen MR) is 144 cm³/mol. The summed E-state index contributed by atoms with van der Waals surface area (Å²) in [4.78, 5) is 0. The Bertz CT molecular complexity index is 1830. The van der Waals surface area contributed by atoms with Crippen molar-refractivity contribution in [2.75, 3.05) is 5.32 Å². The van der Waals surface area contributed by atoms with Gasteiger partial charge in [0.25, 0.3) is 0 Å². The number of benzene rings is 6. The molecule has 0 atom stereocenters. The van der Waals surface area contributed by atoms with Crippen molar-refractivity contribution in [1.29, 1.82) is 0 Å². The van der Waals surface area contributed by atoms with Gasteiger partial charge < -0.3 is 9.73 Å². The van der Waals surface area contributed by atoms with Gasteiger partial charge in [-0.3, -0.25) is 0 Å². The molecular formula is C32H21NO. The van der Waals surface area contributed by atoms with Crippen LogP contribution in [0, 0.1) is 0 Å². The van der Waals surface area contributed by atoms with Crippen molar-refractivity contribution in [2.45, 2.75) is 0 Å². The molecule has 2 heteroatoms. The Morgan fingerprint density at radius 3 is 2.03 bits per heavy atom. The molecule has 0 aliphatic heterocycles. The second-order valence-electron chi connectivity index (χ2n) is 8.67. The minimum absolute atomic E-state index is 0.894. The van der Waals surface area contributed by atoms with Gasteiger partial charge in [-0.05, 0) is 69.1 Å². The second-order valence-corrected chi connectivity index (χ2v) is 8.67. The summed E-state index contributed by atoms with van der Waals surface area (Å²) in [6, 6.07) is 42.6. The van der Waals surface area contributed by atoms with Crippen LogP contribution < -0.4 is 5.32 Å². The van der Waals surface area contributed by atoms with E-state index >= 15 is 0 Å². The summed E-state index contributed by atoms with van der Waals surface area (Å²) in [6.45, 7) is 0. The minimum Gasteiger partial charge on any atom is -0.456 e. The molecule has 0 saturated heterocycles. The molecule has 0 aliphatic rings. The summed E-state index contributed by atoms with van der Waals surface area (Å²) >= 11 is 0. The highest BCUT2D eigenvalue weighted by Crippen LogP contribution is 2.37. The first-order valence-corrected chi connectivity index (χ1v) is 11.5. The molecule has 0 unspecified atom stereocenters. The van der Waals surface area contributed by atoms with E-state index in [9.17, 15) is 0 Å². The topological polar surface area (TPSA) is 25.2 Å². The first kappa shape index (κ1) is 19.0. The molecule has 0 saturated carbocycles. The first-order valence-electron chi connectivity index (χ1n) is 11.5. The zero-order valence-corrected chi connectivity index (χ0v) is 18.5. The van der Waals surface area contributed by atoms with Crippen LogP contribution in [0.5, 0.6) is 0 Å². The predicted octanol–water partition coefficient (Wildman–Crippen LogP) is 9.30. The summed E-state index contributed by atoms with van der Waals surface area (Å²) in [5.41, 5.74) is 6.36. The van der Waals surface area contributed by atoms with Crippen LogP contribution >= 0.6 is 0 Å². The van der Waals surface area contributed by atoms with E-state index in [1.165, 1.54) is 32.7 Å². The van der Waals surface area contributed by atoms with Crippen LogP contribution in [-0.2, 0) is 0 Å². The van der Waals surface area contributed by atoms with Crippen molar-refractivity contribution in [1.82, 2.24) is 0 Å². The van der Waals surface area contributed by atoms with Crippen LogP contribution in [0.4, 0.5) is 11.4 Å². The van der Waals surface area contributed by atoms with Crippen LogP contribution in [0.3, 0.4) is 0 Å². The van der Waals surface area contributed by atoms with Gasteiger partial charge in [-0.1, -0.05) is 84.9 Å². The molecule has 160 valence electrons. The number of nitrogens with one attached hydrogen (secondary N) is 1. The Balaban J connectivity index is 1.31. The van der Waals surface area contributed by atoms with E-state index in [0.717, 1.165) is 33.3 Å². The Hall–Kier alpha value is -4.56. The SMILES string of the molecule is c1ccc2c(c1)cc(-c1ccc(Nc3cccc4oc5ccccc5c34)cc1)c1ccccc12. The normalized spacial score (nSPS) is 11.5. The maximum Gasteiger partial charge on any atom is 0.137 e. The molecule has 1 heterocycles. The quantitative estimate of drug-likeness (QED) is 0.280. The lowest BCUT2D eigenvalue weighted by Gasteiger charge is -2.12. The largest absolute Gasteiger partial charge is 0.456 e. The second kappa shape index (κ2) is 7.50. The number of rotatable bonds is 3. The molecule has 1 N–H and O–H groups in total. The molecule has 7 rings (SSSR count). The molecule has 7 aromatic rings. The summed E-state index contributed by atoms with van der Waals surface area (Å²) in [5.74, 6) is 0. The van der Waals surface area contributed by atoms with Crippen LogP contribution in [-0.4, -0.2) is 0 Å². The van der Waals surface area contributed by atoms with Crippen molar-refractivity contribution in [3.05, 3.63) is 121 Å². The van der Waals surface area contributed by atoms with Crippen molar-refractivity contribution in [3.63, 3.8) is 0 Å². The zero-order chi connectivity index (χ0) is 22.5. The van der Waals surface area contributed by atoms with E-state index in [2.05, 4.69) is 102 Å². The standard InChI is InChI=1S/C32H21NO/c1-2-9-24-22(8-1)20-28(26-11-4-3-10-25(24)26)21-16-18-23(19-17-21)33-29-13-7-15-31-32(29)27-12-5-6-14-30(27)34-31/h1-20,33H. The minimum atomic E-state index is 0.894. The third-order valence-corrected chi connectivity index (χ3v) is 6.65. The van der Waals surface area contributed by atoms with E-state index in [1.807, 2.05) is 24.3 Å². The number of hydrogen-bond donors (Lipinski definition) is 1. The van der Waals surface area contributed by atoms with E-state index in [-0.39, 0.29) is 0 Å². The number of furan rings is 1. The highest BCUT2D eigenvalue weighted by Gasteiger charge is 2.12. The van der Waals surface area contributed by atoms with Crippen LogP contribution in [0.2, 0.25) is 0 Å². The Morgan fingerprint density at radius 1 is 0.500 bits per heavy atom. The third kappa shape index (κ3) is 2.96. The fourth-order valence-electron chi connectivity index (χ4n) is 5.06. The van der Waals surface area contributed by atoms with E-state index in [0.29, 0.717) is 0 Å². The smallest absolute Gasteiger partial charge is 0.137 e. The lowest BCUT2D eigenvalue weighted by Crippen LogP contribution is -1.91. The van der Waals surface area contributed by atoms with Crippen LogP contribution in [0.15, 0.2) is 126 Å². The average Bonchev–Trinajstić information content (AvgIpc) is 3.28. The van der Waals surface area contributed by atoms with Gasteiger partial charge >= 0.3 is 0 Å². The summed E-state index contributed by atoms with van der Waals surface area (Å²) in [7, 11) is 0. The lowest BCUT2D eigenvalue weighted by molar-refractivity contribution is 0.669.